The van der Waals surface area contributed by atoms with Crippen LogP contribution in [0.1, 0.15) is 12.5 Å². The van der Waals surface area contributed by atoms with E-state index >= 15 is 0 Å². The highest BCUT2D eigenvalue weighted by atomic mass is 35.5. The van der Waals surface area contributed by atoms with Crippen LogP contribution in [0, 0.1) is 0 Å². The van der Waals surface area contributed by atoms with E-state index in [4.69, 9.17) is 11.6 Å². The summed E-state index contributed by atoms with van der Waals surface area (Å²) in [5.74, 6) is -4.12. The maximum Gasteiger partial charge on any atom is 0.341 e. The van der Waals surface area contributed by atoms with E-state index in [1.54, 1.807) is 0 Å². The molecular weight excluding hydrogens is 314 g/mol. The first-order valence-corrected chi connectivity index (χ1v) is 6.51. The van der Waals surface area contributed by atoms with Crippen LogP contribution in [0.15, 0.2) is 18.5 Å². The summed E-state index contributed by atoms with van der Waals surface area (Å²) < 4.78 is 0. The number of rotatable bonds is 5. The van der Waals surface area contributed by atoms with Crippen molar-refractivity contribution < 1.29 is 24.6 Å². The van der Waals surface area contributed by atoms with Crippen molar-refractivity contribution in [2.24, 2.45) is 0 Å². The maximum absolute atomic E-state index is 11.5. The molecule has 4 N–H and O–H groups in total. The lowest BCUT2D eigenvalue weighted by Gasteiger charge is -2.25. The lowest BCUT2D eigenvalue weighted by Crippen LogP contribution is -2.61. The maximum atomic E-state index is 11.5. The van der Waals surface area contributed by atoms with Crippen molar-refractivity contribution in [3.8, 4) is 0 Å². The third-order valence-corrected chi connectivity index (χ3v) is 3.49. The number of carbonyl (C=O) groups is 3. The van der Waals surface area contributed by atoms with Gasteiger partial charge >= 0.3 is 11.9 Å². The molecule has 0 unspecified atom stereocenters. The highest BCUT2D eigenvalue weighted by Crippen LogP contribution is 2.28. The number of carboxylic acid groups (broad SMARTS) is 2. The van der Waals surface area contributed by atoms with E-state index in [1.165, 1.54) is 18.5 Å². The summed E-state index contributed by atoms with van der Waals surface area (Å²) in [5, 5.41) is 21.4. The van der Waals surface area contributed by atoms with Gasteiger partial charge in [0.1, 0.15) is 5.65 Å². The number of nitrogens with zero attached hydrogens (tertiary/aromatic N) is 1. The largest absolute Gasteiger partial charge is 0.479 e. The molecule has 0 aliphatic rings. The molecular formula is C13H12ClN3O5. The van der Waals surface area contributed by atoms with Crippen LogP contribution in [-0.4, -0.2) is 43.6 Å². The third-order valence-electron chi connectivity index (χ3n) is 3.18. The molecule has 0 aliphatic heterocycles. The quantitative estimate of drug-likeness (QED) is 0.601. The Labute approximate surface area is 129 Å². The number of fused-ring (bicyclic) bond motifs is 1. The predicted molar refractivity (Wildman–Crippen MR) is 76.6 cm³/mol. The van der Waals surface area contributed by atoms with E-state index in [1.807, 2.05) is 5.32 Å². The SMILES string of the molecule is CC(=O)NC(Cc1c[nH]c2nccc(Cl)c12)(C(=O)O)C(=O)O. The van der Waals surface area contributed by atoms with Crippen molar-refractivity contribution >= 4 is 40.5 Å². The van der Waals surface area contributed by atoms with Crippen molar-refractivity contribution in [1.82, 2.24) is 15.3 Å². The lowest BCUT2D eigenvalue weighted by atomic mass is 9.90. The zero-order chi connectivity index (χ0) is 16.5. The van der Waals surface area contributed by atoms with Gasteiger partial charge in [-0.15, -0.1) is 0 Å². The molecule has 116 valence electrons. The summed E-state index contributed by atoms with van der Waals surface area (Å²) in [4.78, 5) is 41.0. The number of aromatic nitrogens is 2. The normalized spacial score (nSPS) is 11.4. The molecule has 2 rings (SSSR count). The van der Waals surface area contributed by atoms with Crippen molar-refractivity contribution in [1.29, 1.82) is 0 Å². The van der Waals surface area contributed by atoms with Gasteiger partial charge in [-0.1, -0.05) is 11.6 Å². The molecule has 9 heteroatoms. The van der Waals surface area contributed by atoms with Gasteiger partial charge in [0, 0.05) is 31.1 Å². The topological polar surface area (TPSA) is 132 Å². The van der Waals surface area contributed by atoms with Crippen molar-refractivity contribution in [2.45, 2.75) is 18.9 Å². The van der Waals surface area contributed by atoms with Crippen molar-refractivity contribution in [2.75, 3.05) is 0 Å². The van der Waals surface area contributed by atoms with Gasteiger partial charge in [0.25, 0.3) is 0 Å². The molecule has 22 heavy (non-hydrogen) atoms. The molecule has 0 fully saturated rings. The number of H-pyrrole nitrogens is 1. The number of amides is 1. The Bertz CT molecular complexity index is 756. The van der Waals surface area contributed by atoms with Gasteiger partial charge in [0.15, 0.2) is 0 Å². The van der Waals surface area contributed by atoms with Crippen LogP contribution in [0.5, 0.6) is 0 Å². The fourth-order valence-corrected chi connectivity index (χ4v) is 2.47. The number of hydrogen-bond donors (Lipinski definition) is 4. The molecule has 2 heterocycles. The Morgan fingerprint density at radius 2 is 2.00 bits per heavy atom. The first-order valence-electron chi connectivity index (χ1n) is 6.14. The molecule has 1 amide bonds. The molecule has 0 atom stereocenters. The summed E-state index contributed by atoms with van der Waals surface area (Å²) in [5.41, 5.74) is -1.76. The Hall–Kier alpha value is -2.61. The average molecular weight is 326 g/mol. The average Bonchev–Trinajstić information content (AvgIpc) is 2.81. The van der Waals surface area contributed by atoms with E-state index in [-0.39, 0.29) is 0 Å². The van der Waals surface area contributed by atoms with Gasteiger partial charge in [-0.3, -0.25) is 4.79 Å². The highest BCUT2D eigenvalue weighted by Gasteiger charge is 2.48. The van der Waals surface area contributed by atoms with Gasteiger partial charge in [0.05, 0.1) is 5.02 Å². The Balaban J connectivity index is 2.56. The standard InChI is InChI=1S/C13H12ClN3O5/c1-6(18)17-13(11(19)20,12(21)22)4-7-5-16-10-9(7)8(14)2-3-15-10/h2-3,5H,4H2,1H3,(H,15,16)(H,17,18)(H,19,20)(H,21,22). The lowest BCUT2D eigenvalue weighted by molar-refractivity contribution is -0.161. The van der Waals surface area contributed by atoms with Gasteiger partial charge in [0.2, 0.25) is 11.4 Å². The van der Waals surface area contributed by atoms with Gasteiger partial charge in [-0.05, 0) is 11.6 Å². The summed E-state index contributed by atoms with van der Waals surface area (Å²) in [6, 6.07) is 1.50. The number of hydrogen-bond acceptors (Lipinski definition) is 4. The second-order valence-electron chi connectivity index (χ2n) is 4.70. The second-order valence-corrected chi connectivity index (χ2v) is 5.11. The molecule has 0 saturated heterocycles. The molecule has 2 aromatic rings. The Morgan fingerprint density at radius 3 is 2.55 bits per heavy atom. The highest BCUT2D eigenvalue weighted by molar-refractivity contribution is 6.35. The van der Waals surface area contributed by atoms with E-state index in [0.717, 1.165) is 6.92 Å². The zero-order valence-corrected chi connectivity index (χ0v) is 12.1. The monoisotopic (exact) mass is 325 g/mol. The van der Waals surface area contributed by atoms with E-state index < -0.39 is 29.8 Å². The van der Waals surface area contributed by atoms with Gasteiger partial charge in [-0.25, -0.2) is 14.6 Å². The fourth-order valence-electron chi connectivity index (χ4n) is 2.20. The molecule has 8 nitrogen and oxygen atoms in total. The molecule has 2 aromatic heterocycles. The van der Waals surface area contributed by atoms with E-state index in [2.05, 4.69) is 9.97 Å². The summed E-state index contributed by atoms with van der Waals surface area (Å²) >= 11 is 6.06. The van der Waals surface area contributed by atoms with Gasteiger partial charge < -0.3 is 20.5 Å². The van der Waals surface area contributed by atoms with E-state index in [0.29, 0.717) is 21.6 Å². The van der Waals surface area contributed by atoms with E-state index in [9.17, 15) is 24.6 Å². The van der Waals surface area contributed by atoms with Crippen LogP contribution in [0.2, 0.25) is 5.02 Å². The van der Waals surface area contributed by atoms with Crippen LogP contribution in [0.4, 0.5) is 0 Å². The number of carbonyl (C=O) groups excluding carboxylic acids is 1. The first kappa shape index (κ1) is 15.8. The summed E-state index contributed by atoms with van der Waals surface area (Å²) in [6.07, 6.45) is 2.40. The van der Waals surface area contributed by atoms with Gasteiger partial charge in [-0.2, -0.15) is 0 Å². The number of pyridine rings is 1. The minimum Gasteiger partial charge on any atom is -0.479 e. The molecule has 0 bridgehead atoms. The molecule has 0 aliphatic carbocycles. The molecule has 0 aromatic carbocycles. The summed E-state index contributed by atoms with van der Waals surface area (Å²) in [7, 11) is 0. The molecule has 0 saturated carbocycles. The second kappa shape index (κ2) is 5.64. The smallest absolute Gasteiger partial charge is 0.341 e. The zero-order valence-electron chi connectivity index (χ0n) is 11.4. The number of nitrogens with one attached hydrogen (secondary N) is 2. The minimum absolute atomic E-state index is 0.300. The van der Waals surface area contributed by atoms with Crippen molar-refractivity contribution in [3.63, 3.8) is 0 Å². The van der Waals surface area contributed by atoms with Crippen LogP contribution < -0.4 is 5.32 Å². The third kappa shape index (κ3) is 2.60. The number of aromatic amines is 1. The summed E-state index contributed by atoms with van der Waals surface area (Å²) in [6.45, 7) is 1.05. The predicted octanol–water partition coefficient (Wildman–Crippen LogP) is 0.803. The minimum atomic E-state index is -2.49. The number of carboxylic acids is 2. The van der Waals surface area contributed by atoms with Crippen LogP contribution in [-0.2, 0) is 20.8 Å². The number of halogens is 1. The van der Waals surface area contributed by atoms with Crippen molar-refractivity contribution in [3.05, 3.63) is 29.0 Å². The molecule has 0 spiro atoms. The number of aliphatic carboxylic acids is 2. The Kier molecular flexibility index (Phi) is 4.05. The van der Waals surface area contributed by atoms with Crippen LogP contribution >= 0.6 is 11.6 Å². The molecule has 0 radical (unpaired) electrons. The Morgan fingerprint density at radius 1 is 1.36 bits per heavy atom. The first-order chi connectivity index (χ1) is 10.3. The fraction of sp³-hybridized carbons (Fsp3) is 0.231. The van der Waals surface area contributed by atoms with Crippen LogP contribution in [0.25, 0.3) is 11.0 Å². The van der Waals surface area contributed by atoms with Crippen LogP contribution in [0.3, 0.4) is 0 Å².